The van der Waals surface area contributed by atoms with Crippen LogP contribution in [0.2, 0.25) is 0 Å². The van der Waals surface area contributed by atoms with E-state index < -0.39 is 17.6 Å². The molecule has 1 aromatic rings. The van der Waals surface area contributed by atoms with E-state index in [4.69, 9.17) is 0 Å². The number of alkyl halides is 3. The number of hydrogen-bond acceptors (Lipinski definition) is 2. The van der Waals surface area contributed by atoms with Crippen LogP contribution in [-0.4, -0.2) is 31.1 Å². The van der Waals surface area contributed by atoms with Crippen molar-refractivity contribution in [2.24, 2.45) is 0 Å². The smallest absolute Gasteiger partial charge is 0.381 e. The van der Waals surface area contributed by atoms with Gasteiger partial charge in [0.1, 0.15) is 5.82 Å². The van der Waals surface area contributed by atoms with E-state index in [1.54, 1.807) is 0 Å². The zero-order valence-corrected chi connectivity index (χ0v) is 11.0. The highest BCUT2D eigenvalue weighted by Gasteiger charge is 2.31. The van der Waals surface area contributed by atoms with Crippen LogP contribution in [0.25, 0.3) is 0 Å². The third-order valence-electron chi connectivity index (χ3n) is 2.93. The molecule has 6 heteroatoms. The third kappa shape index (κ3) is 4.70. The highest BCUT2D eigenvalue weighted by Crippen LogP contribution is 2.31. The summed E-state index contributed by atoms with van der Waals surface area (Å²) in [6, 6.07) is 2.38. The molecule has 0 radical (unpaired) electrons. The number of benzene rings is 1. The average Bonchev–Trinajstić information content (AvgIpc) is 2.35. The van der Waals surface area contributed by atoms with Gasteiger partial charge in [0.2, 0.25) is 0 Å². The van der Waals surface area contributed by atoms with E-state index in [9.17, 15) is 17.6 Å². The Hall–Kier alpha value is -1.30. The van der Waals surface area contributed by atoms with Crippen LogP contribution in [-0.2, 0) is 6.18 Å². The van der Waals surface area contributed by atoms with Gasteiger partial charge in [0.05, 0.1) is 11.3 Å². The summed E-state index contributed by atoms with van der Waals surface area (Å²) in [5.41, 5.74) is -0.957. The summed E-state index contributed by atoms with van der Waals surface area (Å²) in [4.78, 5) is 2.10. The predicted molar refractivity (Wildman–Crippen MR) is 67.7 cm³/mol. The first-order valence-electron chi connectivity index (χ1n) is 6.21. The summed E-state index contributed by atoms with van der Waals surface area (Å²) in [6.07, 6.45) is -4.46. The quantitative estimate of drug-likeness (QED) is 0.800. The predicted octanol–water partition coefficient (Wildman–Crippen LogP) is 3.60. The number of hydrogen-bond donors (Lipinski definition) is 1. The summed E-state index contributed by atoms with van der Waals surface area (Å²) in [5.74, 6) is -0.674. The van der Waals surface area contributed by atoms with Crippen LogP contribution in [0, 0.1) is 5.82 Å². The molecule has 1 rings (SSSR count). The van der Waals surface area contributed by atoms with Crippen molar-refractivity contribution in [3.8, 4) is 0 Å². The van der Waals surface area contributed by atoms with Crippen LogP contribution >= 0.6 is 0 Å². The minimum atomic E-state index is -4.46. The molecule has 0 aliphatic heterocycles. The van der Waals surface area contributed by atoms with Crippen molar-refractivity contribution in [3.63, 3.8) is 0 Å². The second-order valence-electron chi connectivity index (χ2n) is 4.15. The molecule has 0 aromatic heterocycles. The van der Waals surface area contributed by atoms with E-state index in [0.29, 0.717) is 13.1 Å². The van der Waals surface area contributed by atoms with E-state index in [1.807, 2.05) is 13.8 Å². The van der Waals surface area contributed by atoms with Crippen LogP contribution < -0.4 is 5.32 Å². The molecule has 0 aliphatic carbocycles. The molecular weight excluding hydrogens is 260 g/mol. The van der Waals surface area contributed by atoms with Gasteiger partial charge in [-0.15, -0.1) is 0 Å². The molecule has 0 bridgehead atoms. The fourth-order valence-electron chi connectivity index (χ4n) is 1.73. The first kappa shape index (κ1) is 15.8. The first-order valence-corrected chi connectivity index (χ1v) is 6.21. The minimum Gasteiger partial charge on any atom is -0.381 e. The molecule has 1 aromatic carbocycles. The first-order chi connectivity index (χ1) is 8.88. The summed E-state index contributed by atoms with van der Waals surface area (Å²) < 4.78 is 50.9. The molecule has 0 spiro atoms. The Kier molecular flexibility index (Phi) is 5.60. The van der Waals surface area contributed by atoms with Gasteiger partial charge in [-0.25, -0.2) is 4.39 Å². The van der Waals surface area contributed by atoms with Crippen LogP contribution in [0.4, 0.5) is 23.2 Å². The Morgan fingerprint density at radius 1 is 1.16 bits per heavy atom. The number of nitrogens with one attached hydrogen (secondary N) is 1. The Morgan fingerprint density at radius 3 is 2.32 bits per heavy atom. The Balaban J connectivity index is 2.67. The van der Waals surface area contributed by atoms with Crippen LogP contribution in [0.15, 0.2) is 18.2 Å². The SMILES string of the molecule is CCN(CC)CCNc1cc(C(F)(F)F)ccc1F. The van der Waals surface area contributed by atoms with Gasteiger partial charge >= 0.3 is 6.18 Å². The second-order valence-corrected chi connectivity index (χ2v) is 4.15. The van der Waals surface area contributed by atoms with Crippen molar-refractivity contribution in [2.45, 2.75) is 20.0 Å². The van der Waals surface area contributed by atoms with Gasteiger partial charge in [0, 0.05) is 13.1 Å². The molecule has 0 amide bonds. The van der Waals surface area contributed by atoms with Gasteiger partial charge in [-0.3, -0.25) is 0 Å². The molecule has 2 nitrogen and oxygen atoms in total. The summed E-state index contributed by atoms with van der Waals surface area (Å²) in [5, 5.41) is 2.71. The summed E-state index contributed by atoms with van der Waals surface area (Å²) in [7, 11) is 0. The minimum absolute atomic E-state index is 0.109. The lowest BCUT2D eigenvalue weighted by atomic mass is 10.2. The molecule has 0 saturated carbocycles. The molecule has 0 atom stereocenters. The van der Waals surface area contributed by atoms with Gasteiger partial charge in [0.25, 0.3) is 0 Å². The maximum atomic E-state index is 13.4. The molecule has 0 unspecified atom stereocenters. The van der Waals surface area contributed by atoms with Crippen LogP contribution in [0.3, 0.4) is 0 Å². The standard InChI is InChI=1S/C13H18F4N2/c1-3-19(4-2)8-7-18-12-9-10(13(15,16)17)5-6-11(12)14/h5-6,9,18H,3-4,7-8H2,1-2H3. The Bertz CT molecular complexity index is 400. The van der Waals surface area contributed by atoms with Gasteiger partial charge < -0.3 is 10.2 Å². The highest BCUT2D eigenvalue weighted by atomic mass is 19.4. The topological polar surface area (TPSA) is 15.3 Å². The van der Waals surface area contributed by atoms with Crippen molar-refractivity contribution in [1.82, 2.24) is 4.90 Å². The van der Waals surface area contributed by atoms with E-state index >= 15 is 0 Å². The normalized spacial score (nSPS) is 11.9. The average molecular weight is 278 g/mol. The lowest BCUT2D eigenvalue weighted by Crippen LogP contribution is -2.28. The second kappa shape index (κ2) is 6.75. The number of rotatable bonds is 6. The van der Waals surface area contributed by atoms with Crippen molar-refractivity contribution in [2.75, 3.05) is 31.5 Å². The van der Waals surface area contributed by atoms with Gasteiger partial charge in [-0.1, -0.05) is 13.8 Å². The third-order valence-corrected chi connectivity index (χ3v) is 2.93. The number of likely N-dealkylation sites (N-methyl/N-ethyl adjacent to an activating group) is 1. The molecule has 0 saturated heterocycles. The summed E-state index contributed by atoms with van der Waals surface area (Å²) >= 11 is 0. The van der Waals surface area contributed by atoms with Crippen LogP contribution in [0.5, 0.6) is 0 Å². The molecule has 0 aliphatic rings. The van der Waals surface area contributed by atoms with Crippen molar-refractivity contribution in [1.29, 1.82) is 0 Å². The van der Waals surface area contributed by atoms with Gasteiger partial charge in [0.15, 0.2) is 0 Å². The van der Waals surface area contributed by atoms with Crippen molar-refractivity contribution in [3.05, 3.63) is 29.6 Å². The van der Waals surface area contributed by atoms with E-state index in [1.165, 1.54) is 0 Å². The van der Waals surface area contributed by atoms with Crippen LogP contribution in [0.1, 0.15) is 19.4 Å². The Labute approximate surface area is 110 Å². The highest BCUT2D eigenvalue weighted by molar-refractivity contribution is 5.48. The van der Waals surface area contributed by atoms with Crippen molar-refractivity contribution < 1.29 is 17.6 Å². The molecule has 19 heavy (non-hydrogen) atoms. The zero-order chi connectivity index (χ0) is 14.5. The van der Waals surface area contributed by atoms with Crippen molar-refractivity contribution >= 4 is 5.69 Å². The molecule has 108 valence electrons. The lowest BCUT2D eigenvalue weighted by molar-refractivity contribution is -0.137. The lowest BCUT2D eigenvalue weighted by Gasteiger charge is -2.19. The van der Waals surface area contributed by atoms with Gasteiger partial charge in [-0.05, 0) is 31.3 Å². The molecule has 1 N–H and O–H groups in total. The van der Waals surface area contributed by atoms with Gasteiger partial charge in [-0.2, -0.15) is 13.2 Å². The number of nitrogens with zero attached hydrogens (tertiary/aromatic N) is 1. The molecule has 0 heterocycles. The summed E-state index contributed by atoms with van der Waals surface area (Å²) in [6.45, 7) is 6.75. The number of anilines is 1. The maximum absolute atomic E-state index is 13.4. The molecular formula is C13H18F4N2. The fraction of sp³-hybridized carbons (Fsp3) is 0.538. The Morgan fingerprint density at radius 2 is 1.79 bits per heavy atom. The van der Waals surface area contributed by atoms with E-state index in [0.717, 1.165) is 31.3 Å². The maximum Gasteiger partial charge on any atom is 0.416 e. The fourth-order valence-corrected chi connectivity index (χ4v) is 1.73. The van der Waals surface area contributed by atoms with E-state index in [2.05, 4.69) is 10.2 Å². The monoisotopic (exact) mass is 278 g/mol. The largest absolute Gasteiger partial charge is 0.416 e. The number of halogens is 4. The van der Waals surface area contributed by atoms with E-state index in [-0.39, 0.29) is 5.69 Å². The zero-order valence-electron chi connectivity index (χ0n) is 11.0. The molecule has 0 fully saturated rings.